The van der Waals surface area contributed by atoms with Crippen LogP contribution in [-0.4, -0.2) is 5.78 Å². The maximum absolute atomic E-state index is 11.6. The van der Waals surface area contributed by atoms with Crippen LogP contribution in [0.1, 0.15) is 29.6 Å². The topological polar surface area (TPSA) is 17.1 Å². The first-order valence-corrected chi connectivity index (χ1v) is 4.47. The summed E-state index contributed by atoms with van der Waals surface area (Å²) in [4.78, 5) is 11.6. The molecule has 0 atom stereocenters. The van der Waals surface area contributed by atoms with Crippen molar-refractivity contribution in [3.63, 3.8) is 0 Å². The first-order valence-electron chi connectivity index (χ1n) is 4.47. The van der Waals surface area contributed by atoms with E-state index in [-0.39, 0.29) is 0 Å². The average molecular weight is 160 g/mol. The molecule has 0 spiro atoms. The Kier molecular flexibility index (Phi) is 1.94. The van der Waals surface area contributed by atoms with E-state index >= 15 is 0 Å². The van der Waals surface area contributed by atoms with Crippen LogP contribution >= 0.6 is 0 Å². The van der Waals surface area contributed by atoms with E-state index in [1.807, 2.05) is 30.3 Å². The van der Waals surface area contributed by atoms with Crippen molar-refractivity contribution in [1.82, 2.24) is 0 Å². The van der Waals surface area contributed by atoms with E-state index in [2.05, 4.69) is 0 Å². The van der Waals surface area contributed by atoms with E-state index in [1.165, 1.54) is 6.42 Å². The molecule has 0 aliphatic heterocycles. The van der Waals surface area contributed by atoms with Gasteiger partial charge in [0.2, 0.25) is 0 Å². The van der Waals surface area contributed by atoms with Crippen LogP contribution in [0.15, 0.2) is 30.3 Å². The van der Waals surface area contributed by atoms with Crippen molar-refractivity contribution in [3.05, 3.63) is 35.9 Å². The summed E-state index contributed by atoms with van der Waals surface area (Å²) < 4.78 is 0. The van der Waals surface area contributed by atoms with E-state index in [4.69, 9.17) is 0 Å². The first kappa shape index (κ1) is 7.53. The van der Waals surface area contributed by atoms with Gasteiger partial charge < -0.3 is 0 Å². The molecule has 12 heavy (non-hydrogen) atoms. The molecule has 0 radical (unpaired) electrons. The Balaban J connectivity index is 2.14. The number of hydrogen-bond acceptors (Lipinski definition) is 1. The van der Waals surface area contributed by atoms with E-state index < -0.39 is 0 Å². The van der Waals surface area contributed by atoms with Gasteiger partial charge >= 0.3 is 0 Å². The fourth-order valence-electron chi connectivity index (χ4n) is 1.51. The van der Waals surface area contributed by atoms with Crippen LogP contribution in [0.4, 0.5) is 0 Å². The standard InChI is InChI=1S/C11H12O/c12-11(10-7-4-8-10)9-5-2-1-3-6-9/h1-3,5-6,10H,4,7-8H2. The minimum atomic E-state index is 0.326. The molecule has 0 amide bonds. The normalized spacial score (nSPS) is 17.0. The lowest BCUT2D eigenvalue weighted by Gasteiger charge is -2.23. The monoisotopic (exact) mass is 160 g/mol. The van der Waals surface area contributed by atoms with Gasteiger partial charge in [0.25, 0.3) is 0 Å². The molecule has 62 valence electrons. The summed E-state index contributed by atoms with van der Waals surface area (Å²) in [6.07, 6.45) is 3.41. The Labute approximate surface area is 72.4 Å². The van der Waals surface area contributed by atoms with Gasteiger partial charge in [0.15, 0.2) is 5.78 Å². The zero-order valence-corrected chi connectivity index (χ0v) is 6.99. The Morgan fingerprint density at radius 2 is 1.83 bits per heavy atom. The zero-order valence-electron chi connectivity index (χ0n) is 6.99. The van der Waals surface area contributed by atoms with E-state index in [9.17, 15) is 4.79 Å². The second kappa shape index (κ2) is 3.10. The third kappa shape index (κ3) is 1.27. The van der Waals surface area contributed by atoms with Crippen LogP contribution in [0.3, 0.4) is 0 Å². The molecule has 0 aromatic heterocycles. The summed E-state index contributed by atoms with van der Waals surface area (Å²) in [5.74, 6) is 0.661. The van der Waals surface area contributed by atoms with E-state index in [0.29, 0.717) is 11.7 Å². The summed E-state index contributed by atoms with van der Waals surface area (Å²) in [6.45, 7) is 0. The van der Waals surface area contributed by atoms with Gasteiger partial charge in [0.1, 0.15) is 0 Å². The summed E-state index contributed by atoms with van der Waals surface area (Å²) in [5.41, 5.74) is 0.877. The SMILES string of the molecule is O=C(c1ccccc1)C1CCC1. The van der Waals surface area contributed by atoms with Crippen LogP contribution in [0.25, 0.3) is 0 Å². The van der Waals surface area contributed by atoms with Gasteiger partial charge in [-0.05, 0) is 12.8 Å². The molecular formula is C11H12O. The molecule has 1 aliphatic carbocycles. The summed E-state index contributed by atoms with van der Waals surface area (Å²) in [6, 6.07) is 9.59. The number of hydrogen-bond donors (Lipinski definition) is 0. The fourth-order valence-corrected chi connectivity index (χ4v) is 1.51. The highest BCUT2D eigenvalue weighted by atomic mass is 16.1. The molecule has 0 unspecified atom stereocenters. The lowest BCUT2D eigenvalue weighted by atomic mass is 9.80. The maximum atomic E-state index is 11.6. The third-order valence-electron chi connectivity index (χ3n) is 2.53. The van der Waals surface area contributed by atoms with Gasteiger partial charge in [-0.1, -0.05) is 36.8 Å². The van der Waals surface area contributed by atoms with E-state index in [1.54, 1.807) is 0 Å². The molecule has 2 rings (SSSR count). The highest BCUT2D eigenvalue weighted by Gasteiger charge is 2.25. The van der Waals surface area contributed by atoms with Crippen LogP contribution in [-0.2, 0) is 0 Å². The van der Waals surface area contributed by atoms with Crippen molar-refractivity contribution in [3.8, 4) is 0 Å². The number of carbonyl (C=O) groups is 1. The van der Waals surface area contributed by atoms with Crippen LogP contribution in [0.2, 0.25) is 0 Å². The highest BCUT2D eigenvalue weighted by Crippen LogP contribution is 2.29. The number of benzene rings is 1. The Bertz CT molecular complexity index is 272. The average Bonchev–Trinajstić information content (AvgIpc) is 2.03. The van der Waals surface area contributed by atoms with Crippen molar-refractivity contribution in [2.24, 2.45) is 5.92 Å². The Hall–Kier alpha value is -1.11. The number of rotatable bonds is 2. The molecule has 1 fully saturated rings. The van der Waals surface area contributed by atoms with Gasteiger partial charge in [-0.3, -0.25) is 4.79 Å². The molecule has 0 N–H and O–H groups in total. The van der Waals surface area contributed by atoms with Gasteiger partial charge in [-0.15, -0.1) is 0 Å². The predicted molar refractivity (Wildman–Crippen MR) is 48.1 cm³/mol. The molecular weight excluding hydrogens is 148 g/mol. The lowest BCUT2D eigenvalue weighted by molar-refractivity contribution is 0.0855. The highest BCUT2D eigenvalue weighted by molar-refractivity contribution is 5.98. The minimum Gasteiger partial charge on any atom is -0.294 e. The summed E-state index contributed by atoms with van der Waals surface area (Å²) >= 11 is 0. The fraction of sp³-hybridized carbons (Fsp3) is 0.364. The van der Waals surface area contributed by atoms with Crippen molar-refractivity contribution in [2.75, 3.05) is 0 Å². The van der Waals surface area contributed by atoms with Gasteiger partial charge in [0.05, 0.1) is 0 Å². The largest absolute Gasteiger partial charge is 0.294 e. The molecule has 0 heterocycles. The van der Waals surface area contributed by atoms with Crippen LogP contribution in [0.5, 0.6) is 0 Å². The quantitative estimate of drug-likeness (QED) is 0.608. The van der Waals surface area contributed by atoms with Gasteiger partial charge in [0, 0.05) is 11.5 Å². The number of Topliss-reactive ketones (excluding diaryl/α,β-unsaturated/α-hetero) is 1. The molecule has 1 nitrogen and oxygen atoms in total. The molecule has 1 aliphatic rings. The van der Waals surface area contributed by atoms with Gasteiger partial charge in [-0.25, -0.2) is 0 Å². The van der Waals surface area contributed by atoms with Crippen LogP contribution in [0, 0.1) is 5.92 Å². The number of ketones is 1. The Morgan fingerprint density at radius 1 is 1.17 bits per heavy atom. The molecule has 1 aromatic carbocycles. The third-order valence-corrected chi connectivity index (χ3v) is 2.53. The van der Waals surface area contributed by atoms with Crippen LogP contribution < -0.4 is 0 Å². The predicted octanol–water partition coefficient (Wildman–Crippen LogP) is 2.67. The molecule has 0 saturated heterocycles. The van der Waals surface area contributed by atoms with Crippen molar-refractivity contribution < 1.29 is 4.79 Å². The summed E-state index contributed by atoms with van der Waals surface area (Å²) in [5, 5.41) is 0. The second-order valence-corrected chi connectivity index (χ2v) is 3.36. The molecule has 0 bridgehead atoms. The lowest BCUT2D eigenvalue weighted by Crippen LogP contribution is -2.21. The second-order valence-electron chi connectivity index (χ2n) is 3.36. The molecule has 1 heteroatoms. The van der Waals surface area contributed by atoms with Crippen molar-refractivity contribution in [1.29, 1.82) is 0 Å². The minimum absolute atomic E-state index is 0.326. The van der Waals surface area contributed by atoms with Crippen molar-refractivity contribution >= 4 is 5.78 Å². The van der Waals surface area contributed by atoms with E-state index in [0.717, 1.165) is 18.4 Å². The maximum Gasteiger partial charge on any atom is 0.165 e. The smallest absolute Gasteiger partial charge is 0.165 e. The molecule has 1 saturated carbocycles. The first-order chi connectivity index (χ1) is 5.88. The Morgan fingerprint density at radius 3 is 2.33 bits per heavy atom. The zero-order chi connectivity index (χ0) is 8.39. The number of carbonyl (C=O) groups excluding carboxylic acids is 1. The van der Waals surface area contributed by atoms with Gasteiger partial charge in [-0.2, -0.15) is 0 Å². The summed E-state index contributed by atoms with van der Waals surface area (Å²) in [7, 11) is 0. The molecule has 1 aromatic rings. The van der Waals surface area contributed by atoms with Crippen molar-refractivity contribution in [2.45, 2.75) is 19.3 Å².